The van der Waals surface area contributed by atoms with Crippen molar-refractivity contribution in [3.05, 3.63) is 48.5 Å². The Morgan fingerprint density at radius 1 is 1.15 bits per heavy atom. The number of carbonyl (C=O) groups is 1. The van der Waals surface area contributed by atoms with Crippen molar-refractivity contribution in [3.8, 4) is 11.5 Å². The van der Waals surface area contributed by atoms with Gasteiger partial charge in [-0.05, 0) is 56.9 Å². The highest BCUT2D eigenvalue weighted by molar-refractivity contribution is 6.01. The van der Waals surface area contributed by atoms with Crippen molar-refractivity contribution >= 4 is 22.6 Å². The lowest BCUT2D eigenvalue weighted by molar-refractivity contribution is -0.122. The Labute approximate surface area is 157 Å². The van der Waals surface area contributed by atoms with E-state index in [1.165, 1.54) is 12.8 Å². The number of nitrogens with one attached hydrogen (secondary N) is 2. The maximum atomic E-state index is 12.4. The molecule has 0 spiro atoms. The lowest BCUT2D eigenvalue weighted by atomic mass is 10.2. The number of hydrogen-bond donors (Lipinski definition) is 2. The number of fused-ring (bicyclic) bond motifs is 1. The molecule has 0 aliphatic heterocycles. The van der Waals surface area contributed by atoms with Gasteiger partial charge in [-0.2, -0.15) is 5.10 Å². The van der Waals surface area contributed by atoms with Gasteiger partial charge in [0.2, 0.25) is 0 Å². The van der Waals surface area contributed by atoms with Crippen LogP contribution in [0.15, 0.2) is 48.5 Å². The van der Waals surface area contributed by atoms with Gasteiger partial charge in [0.05, 0.1) is 11.6 Å². The minimum atomic E-state index is -0.635. The van der Waals surface area contributed by atoms with E-state index in [0.717, 1.165) is 29.5 Å². The molecule has 1 fully saturated rings. The summed E-state index contributed by atoms with van der Waals surface area (Å²) < 4.78 is 11.7. The molecule has 1 unspecified atom stereocenters. The highest BCUT2D eigenvalue weighted by Gasteiger charge is 2.19. The Kier molecular flexibility index (Phi) is 4.96. The summed E-state index contributed by atoms with van der Waals surface area (Å²) in [6, 6.07) is 15.0. The van der Waals surface area contributed by atoms with Crippen LogP contribution in [0.25, 0.3) is 10.9 Å². The average Bonchev–Trinajstić information content (AvgIpc) is 3.32. The summed E-state index contributed by atoms with van der Waals surface area (Å²) in [5.41, 5.74) is 0.831. The molecule has 3 aromatic rings. The zero-order valence-electron chi connectivity index (χ0n) is 15.3. The summed E-state index contributed by atoms with van der Waals surface area (Å²) in [7, 11) is 0. The first-order valence-electron chi connectivity index (χ1n) is 9.36. The number of ether oxygens (including phenoxy) is 2. The number of nitrogens with zero attached hydrogens (tertiary/aromatic N) is 1. The summed E-state index contributed by atoms with van der Waals surface area (Å²) in [5.74, 6) is 1.72. The van der Waals surface area contributed by atoms with Crippen LogP contribution in [0.4, 0.5) is 5.82 Å². The minimum absolute atomic E-state index is 0.251. The Morgan fingerprint density at radius 3 is 2.70 bits per heavy atom. The molecule has 1 amide bonds. The Morgan fingerprint density at radius 2 is 1.93 bits per heavy atom. The van der Waals surface area contributed by atoms with Crippen LogP contribution in [0.2, 0.25) is 0 Å². The molecule has 2 aromatic carbocycles. The predicted molar refractivity (Wildman–Crippen MR) is 104 cm³/mol. The lowest BCUT2D eigenvalue weighted by Gasteiger charge is -2.14. The number of anilines is 1. The zero-order chi connectivity index (χ0) is 18.6. The van der Waals surface area contributed by atoms with Crippen LogP contribution >= 0.6 is 0 Å². The normalized spacial score (nSPS) is 15.6. The number of amides is 1. The molecule has 0 radical (unpaired) electrons. The molecular weight excluding hydrogens is 342 g/mol. The molecule has 1 saturated carbocycles. The van der Waals surface area contributed by atoms with Gasteiger partial charge in [-0.25, -0.2) is 0 Å². The van der Waals surface area contributed by atoms with Crippen molar-refractivity contribution in [1.29, 1.82) is 0 Å². The van der Waals surface area contributed by atoms with E-state index in [9.17, 15) is 4.79 Å². The number of H-pyrrole nitrogens is 1. The second kappa shape index (κ2) is 7.70. The van der Waals surface area contributed by atoms with Crippen LogP contribution in [0.3, 0.4) is 0 Å². The van der Waals surface area contributed by atoms with Gasteiger partial charge >= 0.3 is 0 Å². The third kappa shape index (κ3) is 4.05. The van der Waals surface area contributed by atoms with Gasteiger partial charge in [-0.1, -0.05) is 18.2 Å². The minimum Gasteiger partial charge on any atom is -0.490 e. The largest absolute Gasteiger partial charge is 0.490 e. The van der Waals surface area contributed by atoms with Gasteiger partial charge in [0.25, 0.3) is 5.91 Å². The van der Waals surface area contributed by atoms with E-state index >= 15 is 0 Å². The first-order chi connectivity index (χ1) is 13.2. The van der Waals surface area contributed by atoms with E-state index in [0.29, 0.717) is 17.7 Å². The standard InChI is InChI=1S/C21H23N3O3/c1-14(26-15-7-3-2-4-8-15)21(25)22-20-18-12-11-17(13-19(18)23-24-20)27-16-9-5-6-10-16/h2-4,7-8,11-14,16H,5-6,9-10H2,1H3,(H2,22,23,24,25). The molecule has 140 valence electrons. The maximum absolute atomic E-state index is 12.4. The van der Waals surface area contributed by atoms with E-state index in [-0.39, 0.29) is 5.91 Å². The molecule has 1 aliphatic rings. The molecule has 2 N–H and O–H groups in total. The molecule has 0 bridgehead atoms. The van der Waals surface area contributed by atoms with Crippen LogP contribution < -0.4 is 14.8 Å². The van der Waals surface area contributed by atoms with Crippen LogP contribution in [0, 0.1) is 0 Å². The quantitative estimate of drug-likeness (QED) is 0.683. The summed E-state index contributed by atoms with van der Waals surface area (Å²) in [5, 5.41) is 10.9. The van der Waals surface area contributed by atoms with Crippen LogP contribution in [-0.4, -0.2) is 28.3 Å². The second-order valence-electron chi connectivity index (χ2n) is 6.87. The van der Waals surface area contributed by atoms with Gasteiger partial charge in [0.1, 0.15) is 11.5 Å². The van der Waals surface area contributed by atoms with E-state index in [1.54, 1.807) is 6.92 Å². The predicted octanol–water partition coefficient (Wildman–Crippen LogP) is 4.29. The first-order valence-corrected chi connectivity index (χ1v) is 9.36. The Balaban J connectivity index is 1.43. The van der Waals surface area contributed by atoms with Crippen LogP contribution in [-0.2, 0) is 4.79 Å². The fourth-order valence-electron chi connectivity index (χ4n) is 3.34. The maximum Gasteiger partial charge on any atom is 0.266 e. The van der Waals surface area contributed by atoms with Crippen molar-refractivity contribution in [2.24, 2.45) is 0 Å². The molecule has 27 heavy (non-hydrogen) atoms. The molecular formula is C21H23N3O3. The number of aromatic nitrogens is 2. The summed E-state index contributed by atoms with van der Waals surface area (Å²) in [4.78, 5) is 12.4. The van der Waals surface area contributed by atoms with Gasteiger partial charge in [-0.3, -0.25) is 9.89 Å². The Bertz CT molecular complexity index is 917. The third-order valence-electron chi connectivity index (χ3n) is 4.81. The van der Waals surface area contributed by atoms with E-state index in [4.69, 9.17) is 9.47 Å². The average molecular weight is 365 g/mol. The lowest BCUT2D eigenvalue weighted by Crippen LogP contribution is -2.30. The van der Waals surface area contributed by atoms with Gasteiger partial charge in [-0.15, -0.1) is 0 Å². The fourth-order valence-corrected chi connectivity index (χ4v) is 3.34. The second-order valence-corrected chi connectivity index (χ2v) is 6.87. The van der Waals surface area contributed by atoms with E-state index in [2.05, 4.69) is 15.5 Å². The Hall–Kier alpha value is -3.02. The highest BCUT2D eigenvalue weighted by atomic mass is 16.5. The number of rotatable bonds is 6. The van der Waals surface area contributed by atoms with Gasteiger partial charge in [0.15, 0.2) is 11.9 Å². The molecule has 1 aliphatic carbocycles. The van der Waals surface area contributed by atoms with Crippen LogP contribution in [0.1, 0.15) is 32.6 Å². The summed E-state index contributed by atoms with van der Waals surface area (Å²) in [6.07, 6.45) is 4.36. The fraction of sp³-hybridized carbons (Fsp3) is 0.333. The molecule has 1 heterocycles. The topological polar surface area (TPSA) is 76.2 Å². The smallest absolute Gasteiger partial charge is 0.266 e. The first kappa shape index (κ1) is 17.4. The van der Waals surface area contributed by atoms with Crippen molar-refractivity contribution in [2.75, 3.05) is 5.32 Å². The van der Waals surface area contributed by atoms with E-state index < -0.39 is 6.10 Å². The molecule has 1 atom stereocenters. The SMILES string of the molecule is CC(Oc1ccccc1)C(=O)Nc1n[nH]c2cc(OC3CCCC3)ccc12. The number of carbonyl (C=O) groups excluding carboxylic acids is 1. The summed E-state index contributed by atoms with van der Waals surface area (Å²) in [6.45, 7) is 1.71. The summed E-state index contributed by atoms with van der Waals surface area (Å²) >= 11 is 0. The number of benzene rings is 2. The number of para-hydroxylation sites is 1. The van der Waals surface area contributed by atoms with Crippen molar-refractivity contribution in [1.82, 2.24) is 10.2 Å². The molecule has 6 nitrogen and oxygen atoms in total. The molecule has 4 rings (SSSR count). The molecule has 6 heteroatoms. The van der Waals surface area contributed by atoms with Crippen molar-refractivity contribution in [3.63, 3.8) is 0 Å². The van der Waals surface area contributed by atoms with Gasteiger partial charge < -0.3 is 14.8 Å². The number of aromatic amines is 1. The molecule has 1 aromatic heterocycles. The number of hydrogen-bond acceptors (Lipinski definition) is 4. The van der Waals surface area contributed by atoms with Gasteiger partial charge in [0, 0.05) is 11.5 Å². The van der Waals surface area contributed by atoms with E-state index in [1.807, 2.05) is 48.5 Å². The third-order valence-corrected chi connectivity index (χ3v) is 4.81. The zero-order valence-corrected chi connectivity index (χ0v) is 15.3. The van der Waals surface area contributed by atoms with Crippen molar-refractivity contribution in [2.45, 2.75) is 44.8 Å². The van der Waals surface area contributed by atoms with Crippen LogP contribution in [0.5, 0.6) is 11.5 Å². The monoisotopic (exact) mass is 365 g/mol. The highest BCUT2D eigenvalue weighted by Crippen LogP contribution is 2.28. The van der Waals surface area contributed by atoms with Crippen molar-refractivity contribution < 1.29 is 14.3 Å². The molecule has 0 saturated heterocycles.